The second-order valence-corrected chi connectivity index (χ2v) is 6.34. The molecule has 2 fully saturated rings. The van der Waals surface area contributed by atoms with Crippen LogP contribution in [0.1, 0.15) is 24.9 Å². The van der Waals surface area contributed by atoms with Gasteiger partial charge in [-0.05, 0) is 12.5 Å². The molecule has 1 N–H and O–H groups in total. The predicted molar refractivity (Wildman–Crippen MR) is 83.4 cm³/mol. The van der Waals surface area contributed by atoms with Crippen LogP contribution in [0.5, 0.6) is 0 Å². The van der Waals surface area contributed by atoms with Crippen LogP contribution in [0.15, 0.2) is 30.3 Å². The van der Waals surface area contributed by atoms with E-state index in [-0.39, 0.29) is 5.60 Å². The van der Waals surface area contributed by atoms with Gasteiger partial charge < -0.3 is 14.8 Å². The summed E-state index contributed by atoms with van der Waals surface area (Å²) in [5.74, 6) is 0. The summed E-state index contributed by atoms with van der Waals surface area (Å²) in [6.45, 7) is 6.81. The van der Waals surface area contributed by atoms with Gasteiger partial charge >= 0.3 is 0 Å². The first-order valence-electron chi connectivity index (χ1n) is 7.88. The Morgan fingerprint density at radius 3 is 2.86 bits per heavy atom. The van der Waals surface area contributed by atoms with E-state index in [2.05, 4.69) is 47.5 Å². The van der Waals surface area contributed by atoms with Crippen LogP contribution in [0.2, 0.25) is 0 Å². The number of hydrogen-bond donors (Lipinski definition) is 1. The van der Waals surface area contributed by atoms with E-state index in [1.54, 1.807) is 0 Å². The number of benzene rings is 1. The lowest BCUT2D eigenvalue weighted by molar-refractivity contribution is -0.0535. The SMILES string of the molecule is COC1(CN2CC(c3ccccc3)NCC2C)CCOC1. The number of nitrogens with one attached hydrogen (secondary N) is 1. The molecule has 3 unspecified atom stereocenters. The van der Waals surface area contributed by atoms with Crippen molar-refractivity contribution in [2.75, 3.05) is 40.0 Å². The zero-order valence-corrected chi connectivity index (χ0v) is 13.0. The molecule has 4 nitrogen and oxygen atoms in total. The Hall–Kier alpha value is -0.940. The van der Waals surface area contributed by atoms with Gasteiger partial charge in [0.25, 0.3) is 0 Å². The monoisotopic (exact) mass is 290 g/mol. The summed E-state index contributed by atoms with van der Waals surface area (Å²) in [4.78, 5) is 2.55. The minimum atomic E-state index is -0.118. The molecular formula is C17H26N2O2. The van der Waals surface area contributed by atoms with Gasteiger partial charge in [-0.2, -0.15) is 0 Å². The second-order valence-electron chi connectivity index (χ2n) is 6.34. The largest absolute Gasteiger partial charge is 0.378 e. The fourth-order valence-electron chi connectivity index (χ4n) is 3.36. The predicted octanol–water partition coefficient (Wildman–Crippen LogP) is 1.83. The van der Waals surface area contributed by atoms with Crippen molar-refractivity contribution in [3.05, 3.63) is 35.9 Å². The molecule has 0 spiro atoms. The van der Waals surface area contributed by atoms with E-state index in [9.17, 15) is 0 Å². The molecule has 0 amide bonds. The average molecular weight is 290 g/mol. The van der Waals surface area contributed by atoms with Gasteiger partial charge in [-0.3, -0.25) is 4.90 Å². The highest BCUT2D eigenvalue weighted by Gasteiger charge is 2.39. The van der Waals surface area contributed by atoms with Crippen molar-refractivity contribution in [3.63, 3.8) is 0 Å². The van der Waals surface area contributed by atoms with E-state index in [1.807, 2.05) is 7.11 Å². The van der Waals surface area contributed by atoms with Crippen molar-refractivity contribution >= 4 is 0 Å². The summed E-state index contributed by atoms with van der Waals surface area (Å²) in [7, 11) is 1.82. The normalized spacial score (nSPS) is 34.2. The van der Waals surface area contributed by atoms with Gasteiger partial charge in [0.15, 0.2) is 0 Å². The molecule has 0 aliphatic carbocycles. The Morgan fingerprint density at radius 2 is 2.19 bits per heavy atom. The van der Waals surface area contributed by atoms with Gasteiger partial charge in [0.05, 0.1) is 6.61 Å². The maximum atomic E-state index is 5.80. The van der Waals surface area contributed by atoms with E-state index >= 15 is 0 Å². The minimum absolute atomic E-state index is 0.118. The third kappa shape index (κ3) is 3.29. The zero-order chi connectivity index (χ0) is 14.7. The average Bonchev–Trinajstić information content (AvgIpc) is 2.99. The van der Waals surface area contributed by atoms with Gasteiger partial charge in [0, 0.05) is 51.9 Å². The van der Waals surface area contributed by atoms with Crippen LogP contribution in [-0.2, 0) is 9.47 Å². The Bertz CT molecular complexity index is 445. The highest BCUT2D eigenvalue weighted by molar-refractivity contribution is 5.20. The third-order valence-corrected chi connectivity index (χ3v) is 4.89. The van der Waals surface area contributed by atoms with E-state index in [0.717, 1.165) is 39.3 Å². The van der Waals surface area contributed by atoms with Crippen LogP contribution in [0.4, 0.5) is 0 Å². The van der Waals surface area contributed by atoms with Crippen LogP contribution in [0, 0.1) is 0 Å². The standard InChI is InChI=1S/C17H26N2O2/c1-14-10-18-16(15-6-4-3-5-7-15)11-19(14)12-17(20-2)8-9-21-13-17/h3-7,14,16,18H,8-13H2,1-2H3. The highest BCUT2D eigenvalue weighted by Crippen LogP contribution is 2.27. The van der Waals surface area contributed by atoms with Gasteiger partial charge in [0.2, 0.25) is 0 Å². The summed E-state index contributed by atoms with van der Waals surface area (Å²) in [6.07, 6.45) is 0.996. The molecule has 0 radical (unpaired) electrons. The van der Waals surface area contributed by atoms with Crippen LogP contribution in [0.3, 0.4) is 0 Å². The highest BCUT2D eigenvalue weighted by atomic mass is 16.5. The summed E-state index contributed by atoms with van der Waals surface area (Å²) in [5, 5.41) is 3.66. The van der Waals surface area contributed by atoms with Crippen molar-refractivity contribution in [3.8, 4) is 0 Å². The lowest BCUT2D eigenvalue weighted by Crippen LogP contribution is -2.56. The van der Waals surface area contributed by atoms with Crippen LogP contribution < -0.4 is 5.32 Å². The molecule has 116 valence electrons. The topological polar surface area (TPSA) is 33.7 Å². The Kier molecular flexibility index (Phi) is 4.60. The van der Waals surface area contributed by atoms with E-state index in [1.165, 1.54) is 5.56 Å². The Labute approximate surface area is 127 Å². The van der Waals surface area contributed by atoms with Crippen LogP contribution >= 0.6 is 0 Å². The summed E-state index contributed by atoms with van der Waals surface area (Å²) in [6, 6.07) is 11.6. The van der Waals surface area contributed by atoms with Crippen molar-refractivity contribution in [2.45, 2.75) is 31.0 Å². The van der Waals surface area contributed by atoms with E-state index in [0.29, 0.717) is 12.1 Å². The summed E-state index contributed by atoms with van der Waals surface area (Å²) < 4.78 is 11.4. The molecule has 1 aromatic rings. The molecule has 1 aromatic carbocycles. The molecule has 2 saturated heterocycles. The molecule has 2 heterocycles. The molecule has 0 saturated carbocycles. The summed E-state index contributed by atoms with van der Waals surface area (Å²) >= 11 is 0. The molecule has 4 heteroatoms. The fourth-order valence-corrected chi connectivity index (χ4v) is 3.36. The smallest absolute Gasteiger partial charge is 0.106 e. The number of piperazine rings is 1. The van der Waals surface area contributed by atoms with Crippen molar-refractivity contribution in [1.82, 2.24) is 10.2 Å². The molecule has 2 aliphatic heterocycles. The lowest BCUT2D eigenvalue weighted by Gasteiger charge is -2.42. The molecular weight excluding hydrogens is 264 g/mol. The molecule has 3 atom stereocenters. The van der Waals surface area contributed by atoms with Crippen molar-refractivity contribution in [2.24, 2.45) is 0 Å². The first-order chi connectivity index (χ1) is 10.2. The fraction of sp³-hybridized carbons (Fsp3) is 0.647. The third-order valence-electron chi connectivity index (χ3n) is 4.89. The Balaban J connectivity index is 1.69. The molecule has 2 aliphatic rings. The number of nitrogens with zero attached hydrogens (tertiary/aromatic N) is 1. The number of methoxy groups -OCH3 is 1. The zero-order valence-electron chi connectivity index (χ0n) is 13.0. The molecule has 0 aromatic heterocycles. The first kappa shape index (κ1) is 15.0. The van der Waals surface area contributed by atoms with Crippen LogP contribution in [-0.4, -0.2) is 56.5 Å². The maximum Gasteiger partial charge on any atom is 0.106 e. The quantitative estimate of drug-likeness (QED) is 0.917. The van der Waals surface area contributed by atoms with Gasteiger partial charge in [0.1, 0.15) is 5.60 Å². The maximum absolute atomic E-state index is 5.80. The number of ether oxygens (including phenoxy) is 2. The van der Waals surface area contributed by atoms with Crippen molar-refractivity contribution in [1.29, 1.82) is 0 Å². The number of rotatable bonds is 4. The summed E-state index contributed by atoms with van der Waals surface area (Å²) in [5.41, 5.74) is 1.25. The van der Waals surface area contributed by atoms with Crippen LogP contribution in [0.25, 0.3) is 0 Å². The lowest BCUT2D eigenvalue weighted by atomic mass is 9.97. The molecule has 3 rings (SSSR count). The molecule has 0 bridgehead atoms. The second kappa shape index (κ2) is 6.44. The minimum Gasteiger partial charge on any atom is -0.378 e. The first-order valence-corrected chi connectivity index (χ1v) is 7.88. The van der Waals surface area contributed by atoms with Gasteiger partial charge in [-0.15, -0.1) is 0 Å². The molecule has 21 heavy (non-hydrogen) atoms. The Morgan fingerprint density at radius 1 is 1.38 bits per heavy atom. The van der Waals surface area contributed by atoms with E-state index in [4.69, 9.17) is 9.47 Å². The van der Waals surface area contributed by atoms with Crippen molar-refractivity contribution < 1.29 is 9.47 Å². The van der Waals surface area contributed by atoms with E-state index < -0.39 is 0 Å². The number of hydrogen-bond acceptors (Lipinski definition) is 4. The van der Waals surface area contributed by atoms with Gasteiger partial charge in [-0.25, -0.2) is 0 Å². The van der Waals surface area contributed by atoms with Gasteiger partial charge in [-0.1, -0.05) is 30.3 Å².